The third kappa shape index (κ3) is 3.84. The van der Waals surface area contributed by atoms with Crippen LogP contribution in [-0.2, 0) is 4.79 Å². The second-order valence-electron chi connectivity index (χ2n) is 6.83. The van der Waals surface area contributed by atoms with E-state index in [4.69, 9.17) is 4.74 Å². The van der Waals surface area contributed by atoms with Crippen molar-refractivity contribution < 1.29 is 9.53 Å². The number of pyridine rings is 1. The third-order valence-electron chi connectivity index (χ3n) is 5.11. The first-order valence-corrected chi connectivity index (χ1v) is 8.97. The summed E-state index contributed by atoms with van der Waals surface area (Å²) < 4.78 is 5.94. The molecule has 0 N–H and O–H groups in total. The molecule has 0 saturated carbocycles. The lowest BCUT2D eigenvalue weighted by atomic mass is 9.96. The van der Waals surface area contributed by atoms with Crippen LogP contribution in [0.1, 0.15) is 47.6 Å². The Bertz CT molecular complexity index is 743. The Kier molecular flexibility index (Phi) is 5.37. The molecule has 4 nitrogen and oxygen atoms in total. The molecule has 1 amide bonds. The summed E-state index contributed by atoms with van der Waals surface area (Å²) in [6.07, 6.45) is 6.81. The molecule has 0 unspecified atom stereocenters. The normalized spacial score (nSPS) is 17.4. The number of benzene rings is 1. The molecular weight excluding hydrogens is 312 g/mol. The molecule has 132 valence electrons. The van der Waals surface area contributed by atoms with Gasteiger partial charge in [0.05, 0.1) is 6.04 Å². The first kappa shape index (κ1) is 17.5. The van der Waals surface area contributed by atoms with Gasteiger partial charge in [-0.25, -0.2) is 0 Å². The second-order valence-corrected chi connectivity index (χ2v) is 6.83. The van der Waals surface area contributed by atoms with E-state index < -0.39 is 0 Å². The third-order valence-corrected chi connectivity index (χ3v) is 5.11. The predicted molar refractivity (Wildman–Crippen MR) is 98.7 cm³/mol. The van der Waals surface area contributed by atoms with E-state index in [1.165, 1.54) is 5.56 Å². The number of amides is 1. The number of rotatable bonds is 4. The Hall–Kier alpha value is -2.36. The highest BCUT2D eigenvalue weighted by Gasteiger charge is 2.28. The van der Waals surface area contributed by atoms with Crippen molar-refractivity contribution in [3.63, 3.8) is 0 Å². The van der Waals surface area contributed by atoms with Crippen LogP contribution in [-0.4, -0.2) is 28.9 Å². The van der Waals surface area contributed by atoms with Gasteiger partial charge in [-0.3, -0.25) is 9.78 Å². The Balaban J connectivity index is 1.73. The van der Waals surface area contributed by atoms with Crippen LogP contribution in [0.15, 0.2) is 36.7 Å². The summed E-state index contributed by atoms with van der Waals surface area (Å²) in [6.45, 7) is 7.00. The minimum atomic E-state index is 0.0499. The fourth-order valence-electron chi connectivity index (χ4n) is 3.51. The van der Waals surface area contributed by atoms with Crippen molar-refractivity contribution >= 4 is 5.91 Å². The quantitative estimate of drug-likeness (QED) is 0.841. The van der Waals surface area contributed by atoms with E-state index in [1.54, 1.807) is 6.20 Å². The van der Waals surface area contributed by atoms with Crippen LogP contribution in [0.25, 0.3) is 0 Å². The highest BCUT2D eigenvalue weighted by atomic mass is 16.5. The molecule has 2 aromatic rings. The molecule has 1 aromatic heterocycles. The Labute approximate surface area is 149 Å². The van der Waals surface area contributed by atoms with Gasteiger partial charge < -0.3 is 9.64 Å². The molecule has 1 atom stereocenters. The van der Waals surface area contributed by atoms with Crippen molar-refractivity contribution in [1.82, 2.24) is 9.88 Å². The van der Waals surface area contributed by atoms with Gasteiger partial charge in [-0.15, -0.1) is 0 Å². The van der Waals surface area contributed by atoms with Crippen molar-refractivity contribution in [1.29, 1.82) is 0 Å². The van der Waals surface area contributed by atoms with Gasteiger partial charge in [0.25, 0.3) is 5.91 Å². The van der Waals surface area contributed by atoms with Crippen molar-refractivity contribution in [2.45, 2.75) is 46.1 Å². The van der Waals surface area contributed by atoms with Crippen molar-refractivity contribution in [2.75, 3.05) is 13.2 Å². The standard InChI is InChI=1S/C21H26N2O2/c1-15-9-10-16(2)21(17(15)3)25-14-20(24)23-12-5-4-8-19(23)18-7-6-11-22-13-18/h6-7,9-11,13,19H,4-5,8,12,14H2,1-3H3/t19-/m1/s1. The second kappa shape index (κ2) is 7.68. The number of piperidine rings is 1. The average Bonchev–Trinajstić information content (AvgIpc) is 2.65. The molecule has 0 bridgehead atoms. The number of hydrogen-bond acceptors (Lipinski definition) is 3. The van der Waals surface area contributed by atoms with Crippen LogP contribution in [0.4, 0.5) is 0 Å². The SMILES string of the molecule is Cc1ccc(C)c(OCC(=O)N2CCCC[C@@H]2c2cccnc2)c1C. The Morgan fingerprint density at radius 2 is 2.00 bits per heavy atom. The highest BCUT2D eigenvalue weighted by Crippen LogP contribution is 2.31. The minimum Gasteiger partial charge on any atom is -0.483 e. The van der Waals surface area contributed by atoms with Gasteiger partial charge >= 0.3 is 0 Å². The fraction of sp³-hybridized carbons (Fsp3) is 0.429. The molecule has 2 heterocycles. The van der Waals surface area contributed by atoms with Gasteiger partial charge in [-0.2, -0.15) is 0 Å². The van der Waals surface area contributed by atoms with Crippen molar-refractivity contribution in [3.8, 4) is 5.75 Å². The highest BCUT2D eigenvalue weighted by molar-refractivity contribution is 5.78. The molecule has 1 fully saturated rings. The lowest BCUT2D eigenvalue weighted by molar-refractivity contribution is -0.137. The smallest absolute Gasteiger partial charge is 0.261 e. The first-order chi connectivity index (χ1) is 12.1. The molecular formula is C21H26N2O2. The van der Waals surface area contributed by atoms with Crippen LogP contribution in [0, 0.1) is 20.8 Å². The zero-order valence-electron chi connectivity index (χ0n) is 15.3. The summed E-state index contributed by atoms with van der Waals surface area (Å²) in [5, 5.41) is 0. The lowest BCUT2D eigenvalue weighted by Gasteiger charge is -2.36. The number of aryl methyl sites for hydroxylation is 2. The first-order valence-electron chi connectivity index (χ1n) is 8.97. The summed E-state index contributed by atoms with van der Waals surface area (Å²) in [5.41, 5.74) is 4.46. The van der Waals surface area contributed by atoms with E-state index in [-0.39, 0.29) is 18.6 Å². The van der Waals surface area contributed by atoms with Crippen molar-refractivity contribution in [2.24, 2.45) is 0 Å². The topological polar surface area (TPSA) is 42.4 Å². The van der Waals surface area contributed by atoms with Gasteiger partial charge in [0.15, 0.2) is 6.61 Å². The summed E-state index contributed by atoms with van der Waals surface area (Å²) in [6, 6.07) is 8.23. The van der Waals surface area contributed by atoms with Crippen LogP contribution in [0.2, 0.25) is 0 Å². The number of hydrogen-bond donors (Lipinski definition) is 0. The molecule has 0 spiro atoms. The fourth-order valence-corrected chi connectivity index (χ4v) is 3.51. The predicted octanol–water partition coefficient (Wildman–Crippen LogP) is 4.14. The number of likely N-dealkylation sites (tertiary alicyclic amines) is 1. The average molecular weight is 338 g/mol. The molecule has 1 saturated heterocycles. The van der Waals surface area contributed by atoms with E-state index in [0.29, 0.717) is 0 Å². The van der Waals surface area contributed by atoms with Gasteiger partial charge in [0.2, 0.25) is 0 Å². The van der Waals surface area contributed by atoms with Crippen LogP contribution in [0.5, 0.6) is 5.75 Å². The summed E-state index contributed by atoms with van der Waals surface area (Å²) in [7, 11) is 0. The zero-order valence-corrected chi connectivity index (χ0v) is 15.3. The Morgan fingerprint density at radius 3 is 2.76 bits per heavy atom. The van der Waals surface area contributed by atoms with E-state index >= 15 is 0 Å². The minimum absolute atomic E-state index is 0.0499. The number of carbonyl (C=O) groups excluding carboxylic acids is 1. The van der Waals surface area contributed by atoms with Crippen LogP contribution in [0.3, 0.4) is 0 Å². The van der Waals surface area contributed by atoms with E-state index in [1.807, 2.05) is 37.1 Å². The van der Waals surface area contributed by atoms with Gasteiger partial charge in [-0.05, 0) is 68.4 Å². The monoisotopic (exact) mass is 338 g/mol. The van der Waals surface area contributed by atoms with Gasteiger partial charge in [0.1, 0.15) is 5.75 Å². The van der Waals surface area contributed by atoms with E-state index in [0.717, 1.165) is 48.2 Å². The molecule has 0 radical (unpaired) electrons. The van der Waals surface area contributed by atoms with Gasteiger partial charge in [0, 0.05) is 18.9 Å². The van der Waals surface area contributed by atoms with Crippen molar-refractivity contribution in [3.05, 3.63) is 58.9 Å². The maximum absolute atomic E-state index is 12.8. The van der Waals surface area contributed by atoms with Crippen LogP contribution < -0.4 is 4.74 Å². The van der Waals surface area contributed by atoms with E-state index in [2.05, 4.69) is 24.0 Å². The zero-order chi connectivity index (χ0) is 17.8. The summed E-state index contributed by atoms with van der Waals surface area (Å²) >= 11 is 0. The molecule has 25 heavy (non-hydrogen) atoms. The number of carbonyl (C=O) groups is 1. The van der Waals surface area contributed by atoms with Crippen LogP contribution >= 0.6 is 0 Å². The Morgan fingerprint density at radius 1 is 1.20 bits per heavy atom. The molecule has 1 aromatic carbocycles. The maximum atomic E-state index is 12.8. The number of nitrogens with zero attached hydrogens (tertiary/aromatic N) is 2. The largest absolute Gasteiger partial charge is 0.483 e. The van der Waals surface area contributed by atoms with Gasteiger partial charge in [-0.1, -0.05) is 18.2 Å². The molecule has 4 heteroatoms. The number of aromatic nitrogens is 1. The lowest BCUT2D eigenvalue weighted by Crippen LogP contribution is -2.41. The summed E-state index contributed by atoms with van der Waals surface area (Å²) in [4.78, 5) is 19.0. The molecule has 1 aliphatic rings. The molecule has 3 rings (SSSR count). The summed E-state index contributed by atoms with van der Waals surface area (Å²) in [5.74, 6) is 0.886. The molecule has 0 aliphatic carbocycles. The number of ether oxygens (including phenoxy) is 1. The molecule has 1 aliphatic heterocycles. The maximum Gasteiger partial charge on any atom is 0.261 e. The van der Waals surface area contributed by atoms with E-state index in [9.17, 15) is 4.79 Å².